The zero-order valence-electron chi connectivity index (χ0n) is 17.1. The van der Waals surface area contributed by atoms with Crippen molar-refractivity contribution in [1.82, 2.24) is 10.5 Å². The number of carbonyl (C=O) groups excluding carboxylic acids is 2. The summed E-state index contributed by atoms with van der Waals surface area (Å²) >= 11 is 1.35. The van der Waals surface area contributed by atoms with Gasteiger partial charge in [-0.15, -0.1) is 11.3 Å². The van der Waals surface area contributed by atoms with Crippen LogP contribution in [0.15, 0.2) is 41.1 Å². The average molecular weight is 426 g/mol. The molecule has 0 spiro atoms. The van der Waals surface area contributed by atoms with Crippen LogP contribution in [-0.4, -0.2) is 29.2 Å². The maximum Gasteiger partial charge on any atom is 0.325 e. The van der Waals surface area contributed by atoms with Crippen molar-refractivity contribution in [3.8, 4) is 11.3 Å². The Morgan fingerprint density at radius 2 is 1.97 bits per heavy atom. The molecule has 2 heterocycles. The predicted octanol–water partition coefficient (Wildman–Crippen LogP) is 4.32. The van der Waals surface area contributed by atoms with Gasteiger partial charge in [0.15, 0.2) is 5.76 Å². The SMILES string of the molecule is CC(C)(C)OC(=O)CNC(=O)c1sc(Nc2ccccc2)c2c1CCc1cnoc1-2. The zero-order chi connectivity index (χ0) is 21.3. The van der Waals surface area contributed by atoms with Crippen LogP contribution in [0.2, 0.25) is 0 Å². The van der Waals surface area contributed by atoms with E-state index in [4.69, 9.17) is 9.26 Å². The van der Waals surface area contributed by atoms with Crippen LogP contribution in [-0.2, 0) is 22.4 Å². The van der Waals surface area contributed by atoms with Crippen molar-refractivity contribution < 1.29 is 18.8 Å². The maximum absolute atomic E-state index is 12.9. The van der Waals surface area contributed by atoms with Gasteiger partial charge >= 0.3 is 5.97 Å². The molecular formula is C22H23N3O4S. The second-order valence-electron chi connectivity index (χ2n) is 8.05. The van der Waals surface area contributed by atoms with E-state index in [1.165, 1.54) is 11.3 Å². The molecule has 0 radical (unpaired) electrons. The second-order valence-corrected chi connectivity index (χ2v) is 9.07. The number of ether oxygens (including phenoxy) is 1. The molecule has 0 saturated heterocycles. The fourth-order valence-corrected chi connectivity index (χ4v) is 4.57. The van der Waals surface area contributed by atoms with E-state index in [9.17, 15) is 9.59 Å². The largest absolute Gasteiger partial charge is 0.459 e. The fraction of sp³-hybridized carbons (Fsp3) is 0.318. The highest BCUT2D eigenvalue weighted by molar-refractivity contribution is 7.19. The van der Waals surface area contributed by atoms with Crippen molar-refractivity contribution in [1.29, 1.82) is 0 Å². The first-order valence-electron chi connectivity index (χ1n) is 9.73. The summed E-state index contributed by atoms with van der Waals surface area (Å²) in [6.45, 7) is 5.19. The number of esters is 1. The predicted molar refractivity (Wildman–Crippen MR) is 115 cm³/mol. The number of anilines is 2. The van der Waals surface area contributed by atoms with E-state index < -0.39 is 11.6 Å². The van der Waals surface area contributed by atoms with E-state index in [1.807, 2.05) is 30.3 Å². The summed E-state index contributed by atoms with van der Waals surface area (Å²) in [6.07, 6.45) is 3.18. The van der Waals surface area contributed by atoms with Gasteiger partial charge in [-0.1, -0.05) is 23.4 Å². The molecule has 156 valence electrons. The van der Waals surface area contributed by atoms with Crippen molar-refractivity contribution in [3.63, 3.8) is 0 Å². The minimum Gasteiger partial charge on any atom is -0.459 e. The van der Waals surface area contributed by atoms with Crippen molar-refractivity contribution >= 4 is 33.9 Å². The molecule has 7 nitrogen and oxygen atoms in total. The Hall–Kier alpha value is -3.13. The molecule has 0 atom stereocenters. The van der Waals surface area contributed by atoms with Crippen molar-refractivity contribution in [2.75, 3.05) is 11.9 Å². The first-order chi connectivity index (χ1) is 14.3. The molecule has 1 aliphatic rings. The number of nitrogens with zero attached hydrogens (tertiary/aromatic N) is 1. The van der Waals surface area contributed by atoms with Gasteiger partial charge in [-0.05, 0) is 51.3 Å². The highest BCUT2D eigenvalue weighted by Gasteiger charge is 2.31. The minimum atomic E-state index is -0.598. The number of hydrogen-bond acceptors (Lipinski definition) is 7. The summed E-state index contributed by atoms with van der Waals surface area (Å²) in [4.78, 5) is 25.5. The molecule has 0 aliphatic heterocycles. The summed E-state index contributed by atoms with van der Waals surface area (Å²) in [5.41, 5.74) is 3.11. The number of nitrogens with one attached hydrogen (secondary N) is 2. The summed E-state index contributed by atoms with van der Waals surface area (Å²) in [7, 11) is 0. The van der Waals surface area contributed by atoms with Gasteiger partial charge in [0.2, 0.25) is 0 Å². The third-order valence-corrected chi connectivity index (χ3v) is 5.72. The van der Waals surface area contributed by atoms with Gasteiger partial charge in [-0.3, -0.25) is 9.59 Å². The van der Waals surface area contributed by atoms with Gasteiger partial charge < -0.3 is 19.9 Å². The quantitative estimate of drug-likeness (QED) is 0.592. The standard InChI is InChI=1S/C22H23N3O4S/c1-22(2,3)28-16(26)12-23-20(27)19-15-10-9-13-11-24-29-18(13)17(15)21(30-19)25-14-7-5-4-6-8-14/h4-8,11,25H,9-10,12H2,1-3H3,(H,23,27). The molecule has 4 rings (SSSR count). The van der Waals surface area contributed by atoms with E-state index in [-0.39, 0.29) is 12.5 Å². The molecule has 0 unspecified atom stereocenters. The fourth-order valence-electron chi connectivity index (χ4n) is 3.38. The topological polar surface area (TPSA) is 93.5 Å². The molecule has 2 N–H and O–H groups in total. The normalized spacial score (nSPS) is 12.6. The van der Waals surface area contributed by atoms with Crippen LogP contribution in [0.3, 0.4) is 0 Å². The summed E-state index contributed by atoms with van der Waals surface area (Å²) < 4.78 is 10.8. The van der Waals surface area contributed by atoms with Crippen molar-refractivity contribution in [2.45, 2.75) is 39.2 Å². The van der Waals surface area contributed by atoms with E-state index >= 15 is 0 Å². The Kier molecular flexibility index (Phi) is 5.34. The number of thiophene rings is 1. The van der Waals surface area contributed by atoms with Crippen LogP contribution in [0.25, 0.3) is 11.3 Å². The van der Waals surface area contributed by atoms with Crippen LogP contribution in [0.5, 0.6) is 0 Å². The minimum absolute atomic E-state index is 0.183. The molecule has 2 aromatic heterocycles. The van der Waals surface area contributed by atoms with Crippen LogP contribution >= 0.6 is 11.3 Å². The lowest BCUT2D eigenvalue weighted by molar-refractivity contribution is -0.153. The number of fused-ring (bicyclic) bond motifs is 3. The van der Waals surface area contributed by atoms with Crippen LogP contribution in [0.1, 0.15) is 41.6 Å². The van der Waals surface area contributed by atoms with Crippen LogP contribution in [0.4, 0.5) is 10.7 Å². The molecule has 1 aromatic carbocycles. The lowest BCUT2D eigenvalue weighted by Gasteiger charge is -2.19. The van der Waals surface area contributed by atoms with Gasteiger partial charge in [-0.2, -0.15) is 0 Å². The molecule has 0 saturated carbocycles. The molecule has 1 aliphatic carbocycles. The number of amides is 1. The first-order valence-corrected chi connectivity index (χ1v) is 10.5. The zero-order valence-corrected chi connectivity index (χ0v) is 17.9. The van der Waals surface area contributed by atoms with E-state index in [0.717, 1.165) is 33.8 Å². The smallest absolute Gasteiger partial charge is 0.325 e. The third kappa shape index (κ3) is 4.23. The van der Waals surface area contributed by atoms with Crippen molar-refractivity contribution in [2.24, 2.45) is 0 Å². The lowest BCUT2D eigenvalue weighted by atomic mass is 9.92. The second kappa shape index (κ2) is 7.95. The summed E-state index contributed by atoms with van der Waals surface area (Å²) in [6, 6.07) is 9.74. The summed E-state index contributed by atoms with van der Waals surface area (Å²) in [5.74, 6) is -0.0789. The molecule has 3 aromatic rings. The molecular weight excluding hydrogens is 402 g/mol. The molecule has 30 heavy (non-hydrogen) atoms. The van der Waals surface area contributed by atoms with Crippen LogP contribution < -0.4 is 10.6 Å². The Balaban J connectivity index is 1.62. The van der Waals surface area contributed by atoms with E-state index in [2.05, 4.69) is 15.8 Å². The van der Waals surface area contributed by atoms with Gasteiger partial charge in [0.25, 0.3) is 5.91 Å². The highest BCUT2D eigenvalue weighted by Crippen LogP contribution is 2.46. The number of benzene rings is 1. The molecule has 8 heteroatoms. The summed E-state index contributed by atoms with van der Waals surface area (Å²) in [5, 5.41) is 10.8. The number of para-hydroxylation sites is 1. The number of carbonyl (C=O) groups is 2. The first kappa shape index (κ1) is 20.2. The third-order valence-electron chi connectivity index (χ3n) is 4.57. The Morgan fingerprint density at radius 3 is 2.70 bits per heavy atom. The monoisotopic (exact) mass is 425 g/mol. The maximum atomic E-state index is 12.9. The Bertz CT molecular complexity index is 1080. The highest BCUT2D eigenvalue weighted by atomic mass is 32.1. The Morgan fingerprint density at radius 1 is 1.20 bits per heavy atom. The van der Waals surface area contributed by atoms with Gasteiger partial charge in [-0.25, -0.2) is 0 Å². The van der Waals surface area contributed by atoms with Crippen molar-refractivity contribution in [3.05, 3.63) is 52.5 Å². The number of rotatable bonds is 5. The lowest BCUT2D eigenvalue weighted by Crippen LogP contribution is -2.34. The van der Waals surface area contributed by atoms with E-state index in [0.29, 0.717) is 17.1 Å². The van der Waals surface area contributed by atoms with Gasteiger partial charge in [0.1, 0.15) is 17.1 Å². The number of hydrogen-bond donors (Lipinski definition) is 2. The van der Waals surface area contributed by atoms with Gasteiger partial charge in [0.05, 0.1) is 16.6 Å². The number of aromatic nitrogens is 1. The molecule has 0 fully saturated rings. The van der Waals surface area contributed by atoms with Crippen LogP contribution in [0, 0.1) is 0 Å². The Labute approximate surface area is 178 Å². The number of aryl methyl sites for hydroxylation is 1. The molecule has 0 bridgehead atoms. The molecule has 1 amide bonds. The van der Waals surface area contributed by atoms with E-state index in [1.54, 1.807) is 27.0 Å². The van der Waals surface area contributed by atoms with Gasteiger partial charge in [0, 0.05) is 11.3 Å². The average Bonchev–Trinajstić information content (AvgIpc) is 3.30.